The van der Waals surface area contributed by atoms with Gasteiger partial charge in [0.05, 0.1) is 5.69 Å². The van der Waals surface area contributed by atoms with Crippen molar-refractivity contribution in [1.29, 1.82) is 0 Å². The predicted molar refractivity (Wildman–Crippen MR) is 90.8 cm³/mol. The molecule has 0 unspecified atom stereocenters. The number of aryl methyl sites for hydroxylation is 1. The number of benzene rings is 2. The van der Waals surface area contributed by atoms with Gasteiger partial charge in [0.1, 0.15) is 11.5 Å². The fourth-order valence-corrected chi connectivity index (χ4v) is 2.14. The van der Waals surface area contributed by atoms with E-state index in [1.807, 2.05) is 18.2 Å². The van der Waals surface area contributed by atoms with Crippen molar-refractivity contribution in [1.82, 2.24) is 9.97 Å². The average molecular weight is 322 g/mol. The maximum atomic E-state index is 13.7. The van der Waals surface area contributed by atoms with Crippen LogP contribution in [0.25, 0.3) is 0 Å². The van der Waals surface area contributed by atoms with E-state index in [9.17, 15) is 9.18 Å². The monoisotopic (exact) mass is 322 g/mol. The summed E-state index contributed by atoms with van der Waals surface area (Å²) in [4.78, 5) is 20.7. The number of hydrogen-bond acceptors (Lipinski definition) is 4. The molecule has 5 nitrogen and oxygen atoms in total. The highest BCUT2D eigenvalue weighted by Crippen LogP contribution is 2.18. The molecule has 2 N–H and O–H groups in total. The normalized spacial score (nSPS) is 10.2. The molecule has 0 spiro atoms. The second-order valence-electron chi connectivity index (χ2n) is 5.14. The molecule has 3 aromatic rings. The van der Waals surface area contributed by atoms with Gasteiger partial charge in [0.2, 0.25) is 5.95 Å². The number of para-hydroxylation sites is 2. The smallest absolute Gasteiger partial charge is 0.274 e. The maximum absolute atomic E-state index is 13.7. The second kappa shape index (κ2) is 6.87. The third-order valence-electron chi connectivity index (χ3n) is 3.24. The SMILES string of the molecule is Cc1cc(C(=O)Nc2ccccc2)nc(Nc2ccccc2F)n1. The van der Waals surface area contributed by atoms with Gasteiger partial charge in [0.25, 0.3) is 5.91 Å². The Balaban J connectivity index is 1.83. The van der Waals surface area contributed by atoms with Crippen LogP contribution in [0.15, 0.2) is 60.7 Å². The Morgan fingerprint density at radius 3 is 2.46 bits per heavy atom. The van der Waals surface area contributed by atoms with Gasteiger partial charge in [-0.3, -0.25) is 4.79 Å². The number of halogens is 1. The highest BCUT2D eigenvalue weighted by molar-refractivity contribution is 6.03. The molecule has 0 radical (unpaired) electrons. The standard InChI is InChI=1S/C18H15FN4O/c1-12-11-16(17(24)21-13-7-3-2-4-8-13)23-18(20-12)22-15-10-6-5-9-14(15)19/h2-11H,1H3,(H,21,24)(H,20,22,23). The van der Waals surface area contributed by atoms with Crippen molar-refractivity contribution in [2.24, 2.45) is 0 Å². The van der Waals surface area contributed by atoms with Crippen molar-refractivity contribution in [3.8, 4) is 0 Å². The molecule has 0 bridgehead atoms. The molecule has 0 saturated carbocycles. The highest BCUT2D eigenvalue weighted by atomic mass is 19.1. The number of carbonyl (C=O) groups excluding carboxylic acids is 1. The first-order valence-corrected chi connectivity index (χ1v) is 7.35. The lowest BCUT2D eigenvalue weighted by Gasteiger charge is -2.09. The molecule has 1 heterocycles. The fourth-order valence-electron chi connectivity index (χ4n) is 2.14. The average Bonchev–Trinajstić information content (AvgIpc) is 2.57. The number of anilines is 3. The minimum absolute atomic E-state index is 0.165. The van der Waals surface area contributed by atoms with Crippen LogP contribution in [0.4, 0.5) is 21.7 Å². The number of carbonyl (C=O) groups is 1. The highest BCUT2D eigenvalue weighted by Gasteiger charge is 2.12. The fraction of sp³-hybridized carbons (Fsp3) is 0.0556. The zero-order valence-electron chi connectivity index (χ0n) is 13.0. The summed E-state index contributed by atoms with van der Waals surface area (Å²) in [5.41, 5.74) is 1.71. The molecule has 120 valence electrons. The van der Waals surface area contributed by atoms with E-state index in [1.165, 1.54) is 6.07 Å². The van der Waals surface area contributed by atoms with Crippen molar-refractivity contribution in [3.63, 3.8) is 0 Å². The van der Waals surface area contributed by atoms with Crippen molar-refractivity contribution in [3.05, 3.63) is 77.9 Å². The first-order valence-electron chi connectivity index (χ1n) is 7.35. The van der Waals surface area contributed by atoms with Gasteiger partial charge >= 0.3 is 0 Å². The van der Waals surface area contributed by atoms with E-state index in [-0.39, 0.29) is 23.2 Å². The lowest BCUT2D eigenvalue weighted by atomic mass is 10.3. The summed E-state index contributed by atoms with van der Waals surface area (Å²) < 4.78 is 13.7. The van der Waals surface area contributed by atoms with Crippen molar-refractivity contribution < 1.29 is 9.18 Å². The van der Waals surface area contributed by atoms with E-state index in [0.29, 0.717) is 11.4 Å². The Bertz CT molecular complexity index is 868. The molecule has 1 aromatic heterocycles. The zero-order chi connectivity index (χ0) is 16.9. The van der Waals surface area contributed by atoms with Crippen LogP contribution in [0, 0.1) is 12.7 Å². The summed E-state index contributed by atoms with van der Waals surface area (Å²) in [6, 6.07) is 16.9. The Morgan fingerprint density at radius 1 is 1.00 bits per heavy atom. The number of nitrogens with zero attached hydrogens (tertiary/aromatic N) is 2. The Labute approximate surface area is 138 Å². The minimum Gasteiger partial charge on any atom is -0.322 e. The number of aromatic nitrogens is 2. The first-order chi connectivity index (χ1) is 11.6. The van der Waals surface area contributed by atoms with Gasteiger partial charge in [-0.05, 0) is 37.3 Å². The van der Waals surface area contributed by atoms with Gasteiger partial charge in [-0.1, -0.05) is 30.3 Å². The molecule has 24 heavy (non-hydrogen) atoms. The lowest BCUT2D eigenvalue weighted by molar-refractivity contribution is 0.102. The summed E-state index contributed by atoms with van der Waals surface area (Å²) in [6.07, 6.45) is 0. The minimum atomic E-state index is -0.419. The Morgan fingerprint density at radius 2 is 1.71 bits per heavy atom. The molecule has 1 amide bonds. The van der Waals surface area contributed by atoms with E-state index in [0.717, 1.165) is 0 Å². The summed E-state index contributed by atoms with van der Waals surface area (Å²) in [7, 11) is 0. The number of amides is 1. The number of nitrogens with one attached hydrogen (secondary N) is 2. The molecule has 0 aliphatic carbocycles. The summed E-state index contributed by atoms with van der Waals surface area (Å²) in [6.45, 7) is 1.74. The molecule has 2 aromatic carbocycles. The zero-order valence-corrected chi connectivity index (χ0v) is 13.0. The van der Waals surface area contributed by atoms with Crippen LogP contribution in [0.2, 0.25) is 0 Å². The van der Waals surface area contributed by atoms with Gasteiger partial charge in [0.15, 0.2) is 0 Å². The molecule has 3 rings (SSSR count). The lowest BCUT2D eigenvalue weighted by Crippen LogP contribution is -2.15. The molecule has 0 fully saturated rings. The van der Waals surface area contributed by atoms with E-state index in [2.05, 4.69) is 20.6 Å². The van der Waals surface area contributed by atoms with Crippen LogP contribution in [-0.2, 0) is 0 Å². The van der Waals surface area contributed by atoms with Crippen molar-refractivity contribution in [2.45, 2.75) is 6.92 Å². The van der Waals surface area contributed by atoms with Crippen LogP contribution >= 0.6 is 0 Å². The summed E-state index contributed by atoms with van der Waals surface area (Å²) >= 11 is 0. The van der Waals surface area contributed by atoms with Gasteiger partial charge in [0, 0.05) is 11.4 Å². The predicted octanol–water partition coefficient (Wildman–Crippen LogP) is 3.92. The van der Waals surface area contributed by atoms with Crippen LogP contribution in [0.3, 0.4) is 0 Å². The Hall–Kier alpha value is -3.28. The van der Waals surface area contributed by atoms with Crippen LogP contribution in [0.5, 0.6) is 0 Å². The molecule has 0 aliphatic rings. The van der Waals surface area contributed by atoms with E-state index in [4.69, 9.17) is 0 Å². The largest absolute Gasteiger partial charge is 0.322 e. The number of rotatable bonds is 4. The molecular weight excluding hydrogens is 307 g/mol. The van der Waals surface area contributed by atoms with Gasteiger partial charge in [-0.15, -0.1) is 0 Å². The van der Waals surface area contributed by atoms with E-state index in [1.54, 1.807) is 43.3 Å². The third kappa shape index (κ3) is 3.73. The summed E-state index contributed by atoms with van der Waals surface area (Å²) in [5, 5.41) is 5.55. The van der Waals surface area contributed by atoms with Crippen LogP contribution < -0.4 is 10.6 Å². The van der Waals surface area contributed by atoms with E-state index < -0.39 is 5.82 Å². The topological polar surface area (TPSA) is 66.9 Å². The van der Waals surface area contributed by atoms with Gasteiger partial charge in [-0.2, -0.15) is 0 Å². The summed E-state index contributed by atoms with van der Waals surface area (Å²) in [5.74, 6) is -0.612. The number of hydrogen-bond donors (Lipinski definition) is 2. The van der Waals surface area contributed by atoms with Crippen LogP contribution in [-0.4, -0.2) is 15.9 Å². The van der Waals surface area contributed by atoms with Gasteiger partial charge in [-0.25, -0.2) is 14.4 Å². The second-order valence-corrected chi connectivity index (χ2v) is 5.14. The van der Waals surface area contributed by atoms with Crippen molar-refractivity contribution >= 4 is 23.2 Å². The Kier molecular flexibility index (Phi) is 4.47. The molecule has 6 heteroatoms. The van der Waals surface area contributed by atoms with E-state index >= 15 is 0 Å². The van der Waals surface area contributed by atoms with Crippen molar-refractivity contribution in [2.75, 3.05) is 10.6 Å². The molecule has 0 aliphatic heterocycles. The maximum Gasteiger partial charge on any atom is 0.274 e. The third-order valence-corrected chi connectivity index (χ3v) is 3.24. The first kappa shape index (κ1) is 15.6. The van der Waals surface area contributed by atoms with Crippen LogP contribution in [0.1, 0.15) is 16.2 Å². The molecular formula is C18H15FN4O. The molecule has 0 saturated heterocycles. The molecule has 0 atom stereocenters. The quantitative estimate of drug-likeness (QED) is 0.764. The van der Waals surface area contributed by atoms with Gasteiger partial charge < -0.3 is 10.6 Å².